The lowest BCUT2D eigenvalue weighted by molar-refractivity contribution is -0.114. The first kappa shape index (κ1) is 18.3. The van der Waals surface area contributed by atoms with Gasteiger partial charge in [-0.15, -0.1) is 0 Å². The van der Waals surface area contributed by atoms with Gasteiger partial charge in [0.2, 0.25) is 0 Å². The molecule has 2 aliphatic heterocycles. The third-order valence-corrected chi connectivity index (χ3v) is 5.22. The van der Waals surface area contributed by atoms with Gasteiger partial charge in [0.25, 0.3) is 5.91 Å². The third kappa shape index (κ3) is 3.66. The fourth-order valence-electron chi connectivity index (χ4n) is 3.22. The molecule has 0 fully saturated rings. The number of amidine groups is 2. The van der Waals surface area contributed by atoms with E-state index in [1.165, 1.54) is 22.9 Å². The summed E-state index contributed by atoms with van der Waals surface area (Å²) < 4.78 is 7.90. The molecule has 7 heteroatoms. The number of hydrogen-bond donors (Lipinski definition) is 1. The molecule has 1 amide bonds. The van der Waals surface area contributed by atoms with Gasteiger partial charge in [0.05, 0.1) is 12.1 Å². The van der Waals surface area contributed by atoms with E-state index >= 15 is 0 Å². The van der Waals surface area contributed by atoms with Gasteiger partial charge < -0.3 is 9.30 Å². The molecule has 142 valence electrons. The topological polar surface area (TPSA) is 70.7 Å². The lowest BCUT2D eigenvalue weighted by Crippen LogP contribution is -2.35. The molecule has 0 spiro atoms. The summed E-state index contributed by atoms with van der Waals surface area (Å²) in [6.07, 6.45) is 5.41. The maximum absolute atomic E-state index is 12.3. The van der Waals surface area contributed by atoms with E-state index in [9.17, 15) is 4.79 Å². The Hall–Kier alpha value is -3.06. The normalized spacial score (nSPS) is 17.3. The van der Waals surface area contributed by atoms with Crippen molar-refractivity contribution < 1.29 is 9.53 Å². The van der Waals surface area contributed by atoms with E-state index in [2.05, 4.69) is 11.1 Å². The van der Waals surface area contributed by atoms with Crippen LogP contribution in [0.3, 0.4) is 0 Å². The quantitative estimate of drug-likeness (QED) is 0.782. The molecule has 28 heavy (non-hydrogen) atoms. The fraction of sp³-hybridized carbons (Fsp3) is 0.190. The highest BCUT2D eigenvalue weighted by Gasteiger charge is 2.31. The summed E-state index contributed by atoms with van der Waals surface area (Å²) in [5.41, 5.74) is 3.46. The number of ether oxygens (including phenoxy) is 1. The molecule has 1 N–H and O–H groups in total. The number of carbonyl (C=O) groups excluding carboxylic acids is 1. The van der Waals surface area contributed by atoms with Crippen molar-refractivity contribution in [2.75, 3.05) is 6.61 Å². The Labute approximate surface area is 167 Å². The Balaban J connectivity index is 1.48. The number of hydrogen-bond acceptors (Lipinski definition) is 4. The van der Waals surface area contributed by atoms with Gasteiger partial charge in [0.15, 0.2) is 5.17 Å². The van der Waals surface area contributed by atoms with E-state index in [1.54, 1.807) is 17.2 Å². The van der Waals surface area contributed by atoms with E-state index in [0.29, 0.717) is 18.3 Å². The zero-order valence-electron chi connectivity index (χ0n) is 15.7. The molecule has 2 aliphatic rings. The number of nitrogens with zero attached hydrogens (tertiary/aromatic N) is 3. The maximum atomic E-state index is 12.3. The Bertz CT molecular complexity index is 1030. The van der Waals surface area contributed by atoms with Crippen LogP contribution in [0.1, 0.15) is 16.8 Å². The predicted molar refractivity (Wildman–Crippen MR) is 113 cm³/mol. The van der Waals surface area contributed by atoms with Crippen molar-refractivity contribution in [3.8, 4) is 5.75 Å². The fourth-order valence-corrected chi connectivity index (χ4v) is 3.92. The minimum absolute atomic E-state index is 0.149. The Kier molecular flexibility index (Phi) is 4.92. The lowest BCUT2D eigenvalue weighted by Gasteiger charge is -2.22. The molecule has 0 saturated heterocycles. The van der Waals surface area contributed by atoms with E-state index in [0.717, 1.165) is 11.4 Å². The van der Waals surface area contributed by atoms with Gasteiger partial charge >= 0.3 is 0 Å². The molecule has 0 aliphatic carbocycles. The number of aromatic nitrogens is 1. The molecule has 6 nitrogen and oxygen atoms in total. The number of benzene rings is 1. The highest BCUT2D eigenvalue weighted by molar-refractivity contribution is 8.16. The zero-order chi connectivity index (χ0) is 19.7. The Morgan fingerprint density at radius 1 is 1.25 bits per heavy atom. The lowest BCUT2D eigenvalue weighted by atomic mass is 10.1. The second kappa shape index (κ2) is 7.52. The van der Waals surface area contributed by atoms with E-state index in [-0.39, 0.29) is 17.3 Å². The smallest absolute Gasteiger partial charge is 0.283 e. The average molecular weight is 392 g/mol. The number of fused-ring (bicyclic) bond motifs is 1. The van der Waals surface area contributed by atoms with Gasteiger partial charge in [0.1, 0.15) is 18.2 Å². The number of nitrogens with one attached hydrogen (secondary N) is 1. The number of amides is 1. The Morgan fingerprint density at radius 2 is 2.04 bits per heavy atom. The van der Waals surface area contributed by atoms with Crippen molar-refractivity contribution in [1.82, 2.24) is 9.47 Å². The minimum Gasteiger partial charge on any atom is -0.492 e. The molecule has 0 bridgehead atoms. The number of rotatable bonds is 5. The second-order valence-corrected chi connectivity index (χ2v) is 7.55. The van der Waals surface area contributed by atoms with Crippen LogP contribution in [0.5, 0.6) is 5.75 Å². The van der Waals surface area contributed by atoms with Gasteiger partial charge in [0, 0.05) is 18.1 Å². The molecule has 4 rings (SSSR count). The average Bonchev–Trinajstić information content (AvgIpc) is 3.27. The van der Waals surface area contributed by atoms with Crippen LogP contribution in [-0.4, -0.2) is 33.0 Å². The van der Waals surface area contributed by atoms with Crippen molar-refractivity contribution in [2.24, 2.45) is 4.99 Å². The predicted octanol–water partition coefficient (Wildman–Crippen LogP) is 3.96. The monoisotopic (exact) mass is 392 g/mol. The van der Waals surface area contributed by atoms with E-state index < -0.39 is 0 Å². The van der Waals surface area contributed by atoms with Crippen molar-refractivity contribution in [3.05, 3.63) is 70.5 Å². The molecule has 0 atom stereocenters. The molecule has 0 saturated carbocycles. The second-order valence-electron chi connectivity index (χ2n) is 6.68. The van der Waals surface area contributed by atoms with Gasteiger partial charge in [-0.2, -0.15) is 4.99 Å². The number of aliphatic imine (C=N–C) groups is 1. The summed E-state index contributed by atoms with van der Waals surface area (Å²) in [5.74, 6) is 0.621. The molecule has 1 aromatic heterocycles. The summed E-state index contributed by atoms with van der Waals surface area (Å²) >= 11 is 1.34. The van der Waals surface area contributed by atoms with Gasteiger partial charge in [-0.1, -0.05) is 17.8 Å². The van der Waals surface area contributed by atoms with Crippen LogP contribution in [0.2, 0.25) is 0 Å². The van der Waals surface area contributed by atoms with Crippen molar-refractivity contribution >= 4 is 34.7 Å². The van der Waals surface area contributed by atoms with Crippen LogP contribution >= 0.6 is 11.8 Å². The number of aryl methyl sites for hydroxylation is 2. The number of carbonyl (C=O) groups is 1. The molecule has 0 unspecified atom stereocenters. The zero-order valence-corrected chi connectivity index (χ0v) is 16.5. The minimum atomic E-state index is -0.383. The van der Waals surface area contributed by atoms with Crippen LogP contribution in [0.25, 0.3) is 6.08 Å². The van der Waals surface area contributed by atoms with Gasteiger partial charge in [-0.3, -0.25) is 15.1 Å². The first-order chi connectivity index (χ1) is 13.5. The highest BCUT2D eigenvalue weighted by Crippen LogP contribution is 2.27. The standard InChI is InChI=1S/C21H20N4O2S/c1-14-10-15(2)12-17(11-14)27-8-6-24-5-3-4-16(24)13-18-19(22)25-7-9-28-21(25)23-20(18)26/h3-5,7,9-13,22H,6,8H2,1-2H3/b18-13-,22-19?. The van der Waals surface area contributed by atoms with Gasteiger partial charge in [-0.05, 0) is 60.7 Å². The molecular weight excluding hydrogens is 372 g/mol. The summed E-state index contributed by atoms with van der Waals surface area (Å²) in [7, 11) is 0. The summed E-state index contributed by atoms with van der Waals surface area (Å²) in [4.78, 5) is 18.0. The van der Waals surface area contributed by atoms with Crippen LogP contribution < -0.4 is 4.74 Å². The van der Waals surface area contributed by atoms with Crippen LogP contribution in [-0.2, 0) is 11.3 Å². The van der Waals surface area contributed by atoms with Crippen molar-refractivity contribution in [1.29, 1.82) is 5.41 Å². The summed E-state index contributed by atoms with van der Waals surface area (Å²) in [6.45, 7) is 5.24. The number of thioether (sulfide) groups is 1. The molecule has 0 radical (unpaired) electrons. The first-order valence-electron chi connectivity index (χ1n) is 8.94. The molecule has 2 aromatic rings. The van der Waals surface area contributed by atoms with Crippen molar-refractivity contribution in [2.45, 2.75) is 20.4 Å². The third-order valence-electron chi connectivity index (χ3n) is 4.47. The molecule has 3 heterocycles. The summed E-state index contributed by atoms with van der Waals surface area (Å²) in [6, 6.07) is 9.98. The van der Waals surface area contributed by atoms with Gasteiger partial charge in [-0.25, -0.2) is 0 Å². The van der Waals surface area contributed by atoms with Crippen LogP contribution in [0.15, 0.2) is 58.7 Å². The maximum Gasteiger partial charge on any atom is 0.283 e. The van der Waals surface area contributed by atoms with Crippen LogP contribution in [0, 0.1) is 19.3 Å². The molecular formula is C21H20N4O2S. The first-order valence-corrected chi connectivity index (χ1v) is 9.82. The van der Waals surface area contributed by atoms with Crippen LogP contribution in [0.4, 0.5) is 0 Å². The molecule has 1 aromatic carbocycles. The Morgan fingerprint density at radius 3 is 2.82 bits per heavy atom. The summed E-state index contributed by atoms with van der Waals surface area (Å²) in [5, 5.41) is 10.7. The highest BCUT2D eigenvalue weighted by atomic mass is 32.2. The van der Waals surface area contributed by atoms with E-state index in [4.69, 9.17) is 10.1 Å². The largest absolute Gasteiger partial charge is 0.492 e. The SMILES string of the molecule is Cc1cc(C)cc(OCCn2cccc2/C=C2/C(=N)N3C=CSC3=NC2=O)c1. The van der Waals surface area contributed by atoms with Crippen molar-refractivity contribution in [3.63, 3.8) is 0 Å². The van der Waals surface area contributed by atoms with E-state index in [1.807, 2.05) is 54.3 Å².